The molecule has 0 amide bonds. The maximum atomic E-state index is 5.01. The molecule has 66 valence electrons. The minimum atomic E-state index is 0.525. The number of nitrogens with zero attached hydrogens (tertiary/aromatic N) is 2. The highest BCUT2D eigenvalue weighted by molar-refractivity contribution is 4.81. The van der Waals surface area contributed by atoms with Gasteiger partial charge >= 0.3 is 0 Å². The number of ether oxygens (including phenoxy) is 1. The van der Waals surface area contributed by atoms with Crippen molar-refractivity contribution in [2.75, 3.05) is 19.8 Å². The van der Waals surface area contributed by atoms with Gasteiger partial charge in [0.2, 0.25) is 6.39 Å². The number of rotatable bonds is 4. The third kappa shape index (κ3) is 1.80. The lowest BCUT2D eigenvalue weighted by Crippen LogP contribution is -2.46. The van der Waals surface area contributed by atoms with E-state index in [9.17, 15) is 0 Å². The van der Waals surface area contributed by atoms with E-state index in [1.807, 2.05) is 0 Å². The molecule has 1 aliphatic heterocycles. The summed E-state index contributed by atoms with van der Waals surface area (Å²) >= 11 is 0. The zero-order valence-electron chi connectivity index (χ0n) is 6.69. The largest absolute Gasteiger partial charge is 0.378 e. The Bertz CT molecular complexity index is 221. The fourth-order valence-electron chi connectivity index (χ4n) is 1.04. The number of nitrogens with one attached hydrogen (secondary N) is 1. The van der Waals surface area contributed by atoms with Crippen molar-refractivity contribution in [1.82, 2.24) is 15.5 Å². The van der Waals surface area contributed by atoms with Gasteiger partial charge in [0.1, 0.15) is 0 Å². The molecule has 0 unspecified atom stereocenters. The first-order chi connectivity index (χ1) is 5.95. The first-order valence-electron chi connectivity index (χ1n) is 4.01. The van der Waals surface area contributed by atoms with Crippen molar-refractivity contribution in [3.05, 3.63) is 12.2 Å². The summed E-state index contributed by atoms with van der Waals surface area (Å²) in [6.45, 7) is 2.53. The zero-order chi connectivity index (χ0) is 8.23. The third-order valence-electron chi connectivity index (χ3n) is 1.83. The van der Waals surface area contributed by atoms with Crippen LogP contribution in [0.25, 0.3) is 0 Å². The first kappa shape index (κ1) is 7.70. The second-order valence-electron chi connectivity index (χ2n) is 2.79. The van der Waals surface area contributed by atoms with Crippen LogP contribution in [0.1, 0.15) is 5.82 Å². The fraction of sp³-hybridized carbons (Fsp3) is 0.714. The number of hydrogen-bond donors (Lipinski definition) is 1. The van der Waals surface area contributed by atoms with E-state index in [2.05, 4.69) is 20.0 Å². The van der Waals surface area contributed by atoms with Gasteiger partial charge in [-0.3, -0.25) is 0 Å². The molecule has 5 heteroatoms. The van der Waals surface area contributed by atoms with Gasteiger partial charge in [-0.05, 0) is 0 Å². The Morgan fingerprint density at radius 3 is 3.08 bits per heavy atom. The standard InChI is InChI=1S/C7H11N3O2/c1(7-9-5-12-10-7)2-8-6-3-11-4-6/h5-6,8H,1-4H2. The third-order valence-corrected chi connectivity index (χ3v) is 1.83. The molecular weight excluding hydrogens is 158 g/mol. The van der Waals surface area contributed by atoms with E-state index in [0.29, 0.717) is 6.04 Å². The molecule has 2 rings (SSSR count). The quantitative estimate of drug-likeness (QED) is 0.664. The van der Waals surface area contributed by atoms with Crippen molar-refractivity contribution in [2.24, 2.45) is 0 Å². The summed E-state index contributed by atoms with van der Waals surface area (Å²) in [5.74, 6) is 0.753. The van der Waals surface area contributed by atoms with Gasteiger partial charge in [0.25, 0.3) is 0 Å². The Hall–Kier alpha value is -0.940. The van der Waals surface area contributed by atoms with Crippen LogP contribution in [-0.4, -0.2) is 35.9 Å². The van der Waals surface area contributed by atoms with Gasteiger partial charge in [0.15, 0.2) is 5.82 Å². The molecule has 5 nitrogen and oxygen atoms in total. The van der Waals surface area contributed by atoms with Crippen molar-refractivity contribution < 1.29 is 9.26 Å². The molecule has 1 N–H and O–H groups in total. The Balaban J connectivity index is 1.62. The van der Waals surface area contributed by atoms with Crippen LogP contribution in [0, 0.1) is 0 Å². The molecule has 2 heterocycles. The SMILES string of the molecule is c1nc(CCNC2COC2)no1. The van der Waals surface area contributed by atoms with Crippen LogP contribution in [0.5, 0.6) is 0 Å². The maximum Gasteiger partial charge on any atom is 0.213 e. The Labute approximate surface area is 70.1 Å². The van der Waals surface area contributed by atoms with E-state index < -0.39 is 0 Å². The molecular formula is C7H11N3O2. The van der Waals surface area contributed by atoms with Crippen molar-refractivity contribution in [2.45, 2.75) is 12.5 Å². The Kier molecular flexibility index (Phi) is 2.33. The monoisotopic (exact) mass is 169 g/mol. The number of aromatic nitrogens is 2. The predicted molar refractivity (Wildman–Crippen MR) is 40.6 cm³/mol. The molecule has 0 radical (unpaired) electrons. The van der Waals surface area contributed by atoms with Crippen LogP contribution >= 0.6 is 0 Å². The van der Waals surface area contributed by atoms with Gasteiger partial charge < -0.3 is 14.6 Å². The normalized spacial score (nSPS) is 17.7. The van der Waals surface area contributed by atoms with E-state index in [1.54, 1.807) is 0 Å². The predicted octanol–water partition coefficient (Wildman–Crippen LogP) is -0.400. The molecule has 0 aliphatic carbocycles. The van der Waals surface area contributed by atoms with Crippen LogP contribution in [0.4, 0.5) is 0 Å². The maximum absolute atomic E-state index is 5.01. The van der Waals surface area contributed by atoms with Crippen LogP contribution in [0.3, 0.4) is 0 Å². The van der Waals surface area contributed by atoms with E-state index in [0.717, 1.165) is 32.0 Å². The van der Waals surface area contributed by atoms with Gasteiger partial charge in [-0.15, -0.1) is 0 Å². The molecule has 1 aromatic heterocycles. The second-order valence-corrected chi connectivity index (χ2v) is 2.79. The summed E-state index contributed by atoms with van der Waals surface area (Å²) in [6.07, 6.45) is 2.16. The minimum absolute atomic E-state index is 0.525. The lowest BCUT2D eigenvalue weighted by Gasteiger charge is -2.26. The zero-order valence-corrected chi connectivity index (χ0v) is 6.69. The molecule has 0 aromatic carbocycles. The van der Waals surface area contributed by atoms with Crippen molar-refractivity contribution in [1.29, 1.82) is 0 Å². The summed E-state index contributed by atoms with van der Waals surface area (Å²) < 4.78 is 9.61. The van der Waals surface area contributed by atoms with Crippen molar-refractivity contribution in [3.8, 4) is 0 Å². The van der Waals surface area contributed by atoms with Crippen LogP contribution < -0.4 is 5.32 Å². The van der Waals surface area contributed by atoms with Gasteiger partial charge in [0.05, 0.1) is 19.3 Å². The molecule has 0 bridgehead atoms. The summed E-state index contributed by atoms with van der Waals surface area (Å²) in [6, 6.07) is 0.525. The molecule has 1 aromatic rings. The van der Waals surface area contributed by atoms with Crippen LogP contribution in [-0.2, 0) is 11.2 Å². The highest BCUT2D eigenvalue weighted by Crippen LogP contribution is 1.99. The highest BCUT2D eigenvalue weighted by atomic mass is 16.5. The molecule has 12 heavy (non-hydrogen) atoms. The molecule has 1 saturated heterocycles. The van der Waals surface area contributed by atoms with E-state index in [-0.39, 0.29) is 0 Å². The lowest BCUT2D eigenvalue weighted by molar-refractivity contribution is -0.00473. The summed E-state index contributed by atoms with van der Waals surface area (Å²) in [5.41, 5.74) is 0. The fourth-order valence-corrected chi connectivity index (χ4v) is 1.04. The first-order valence-corrected chi connectivity index (χ1v) is 4.01. The van der Waals surface area contributed by atoms with Gasteiger partial charge in [0, 0.05) is 13.0 Å². The van der Waals surface area contributed by atoms with Gasteiger partial charge in [-0.25, -0.2) is 0 Å². The number of hydrogen-bond acceptors (Lipinski definition) is 5. The average molecular weight is 169 g/mol. The molecule has 0 atom stereocenters. The van der Waals surface area contributed by atoms with Crippen LogP contribution in [0.15, 0.2) is 10.9 Å². The smallest absolute Gasteiger partial charge is 0.213 e. The summed E-state index contributed by atoms with van der Waals surface area (Å²) in [7, 11) is 0. The molecule has 1 aliphatic rings. The van der Waals surface area contributed by atoms with Gasteiger partial charge in [-0.2, -0.15) is 4.98 Å². The molecule has 0 spiro atoms. The lowest BCUT2D eigenvalue weighted by atomic mass is 10.2. The van der Waals surface area contributed by atoms with E-state index in [4.69, 9.17) is 4.74 Å². The Morgan fingerprint density at radius 1 is 1.58 bits per heavy atom. The summed E-state index contributed by atoms with van der Waals surface area (Å²) in [5, 5.41) is 7.01. The molecule has 0 saturated carbocycles. The van der Waals surface area contributed by atoms with Crippen molar-refractivity contribution in [3.63, 3.8) is 0 Å². The second kappa shape index (κ2) is 3.64. The van der Waals surface area contributed by atoms with E-state index in [1.165, 1.54) is 6.39 Å². The topological polar surface area (TPSA) is 60.2 Å². The average Bonchev–Trinajstić information content (AvgIpc) is 2.46. The van der Waals surface area contributed by atoms with Crippen LogP contribution in [0.2, 0.25) is 0 Å². The van der Waals surface area contributed by atoms with E-state index >= 15 is 0 Å². The highest BCUT2D eigenvalue weighted by Gasteiger charge is 2.16. The Morgan fingerprint density at radius 2 is 2.50 bits per heavy atom. The van der Waals surface area contributed by atoms with Gasteiger partial charge in [-0.1, -0.05) is 5.16 Å². The molecule has 1 fully saturated rings. The van der Waals surface area contributed by atoms with Crippen molar-refractivity contribution >= 4 is 0 Å². The summed E-state index contributed by atoms with van der Waals surface area (Å²) in [4.78, 5) is 3.91. The minimum Gasteiger partial charge on any atom is -0.378 e.